The van der Waals surface area contributed by atoms with Crippen LogP contribution in [0.3, 0.4) is 0 Å². The van der Waals surface area contributed by atoms with Gasteiger partial charge < -0.3 is 9.63 Å². The van der Waals surface area contributed by atoms with E-state index in [1.54, 1.807) is 41.9 Å². The molecule has 0 saturated carbocycles. The molecule has 0 spiro atoms. The largest absolute Gasteiger partial charge is 0.493 e. The third-order valence-corrected chi connectivity index (χ3v) is 3.83. The summed E-state index contributed by atoms with van der Waals surface area (Å²) in [6.45, 7) is 1.95. The van der Waals surface area contributed by atoms with E-state index >= 15 is 0 Å². The molecule has 7 nitrogen and oxygen atoms in total. The number of aromatic hydroxyl groups is 1. The molecule has 3 aromatic heterocycles. The quantitative estimate of drug-likeness (QED) is 0.607. The van der Waals surface area contributed by atoms with E-state index in [0.29, 0.717) is 28.3 Å². The maximum Gasteiger partial charge on any atom is 0.214 e. The molecule has 4 aromatic rings. The first-order valence-corrected chi connectivity index (χ1v) is 7.87. The second-order valence-corrected chi connectivity index (χ2v) is 5.74. The summed E-state index contributed by atoms with van der Waals surface area (Å²) in [6.07, 6.45) is 1.45. The molecule has 0 aliphatic carbocycles. The van der Waals surface area contributed by atoms with E-state index in [1.807, 2.05) is 0 Å². The molecule has 0 radical (unpaired) electrons. The topological polar surface area (TPSA) is 89.9 Å². The van der Waals surface area contributed by atoms with E-state index in [1.165, 1.54) is 18.4 Å². The summed E-state index contributed by atoms with van der Waals surface area (Å²) in [5.41, 5.74) is 2.72. The number of hydrogen-bond donors (Lipinski definition) is 1. The van der Waals surface area contributed by atoms with Crippen LogP contribution in [0.1, 0.15) is 11.3 Å². The average Bonchev–Trinajstić information content (AvgIpc) is 3.25. The molecule has 0 amide bonds. The molecule has 1 N–H and O–H groups in total. The van der Waals surface area contributed by atoms with Gasteiger partial charge in [-0.3, -0.25) is 4.68 Å². The maximum atomic E-state index is 14.1. The molecule has 0 aliphatic heterocycles. The molecule has 0 bridgehead atoms. The zero-order chi connectivity index (χ0) is 18.1. The Balaban J connectivity index is 1.82. The Morgan fingerprint density at radius 1 is 1.12 bits per heavy atom. The van der Waals surface area contributed by atoms with Crippen molar-refractivity contribution in [3.8, 4) is 28.8 Å². The van der Waals surface area contributed by atoms with Gasteiger partial charge in [-0.2, -0.15) is 10.1 Å². The van der Waals surface area contributed by atoms with E-state index in [2.05, 4.69) is 20.2 Å². The Labute approximate surface area is 147 Å². The van der Waals surface area contributed by atoms with Crippen molar-refractivity contribution in [2.24, 2.45) is 0 Å². The van der Waals surface area contributed by atoms with Crippen molar-refractivity contribution in [2.45, 2.75) is 13.5 Å². The Kier molecular flexibility index (Phi) is 3.92. The lowest BCUT2D eigenvalue weighted by atomic mass is 10.2. The van der Waals surface area contributed by atoms with Gasteiger partial charge in [0.15, 0.2) is 5.82 Å². The molecule has 1 aromatic carbocycles. The van der Waals surface area contributed by atoms with Crippen molar-refractivity contribution in [1.82, 2.24) is 24.9 Å². The molecular weight excluding hydrogens is 337 g/mol. The minimum Gasteiger partial charge on any atom is -0.493 e. The Morgan fingerprint density at radius 3 is 2.69 bits per heavy atom. The van der Waals surface area contributed by atoms with Crippen LogP contribution in [-0.4, -0.2) is 30.0 Å². The first-order valence-electron chi connectivity index (χ1n) is 7.87. The van der Waals surface area contributed by atoms with Gasteiger partial charge >= 0.3 is 0 Å². The van der Waals surface area contributed by atoms with Gasteiger partial charge in [0.1, 0.15) is 23.5 Å². The van der Waals surface area contributed by atoms with Crippen LogP contribution in [0.2, 0.25) is 0 Å². The Hall–Kier alpha value is -3.55. The number of aryl methyl sites for hydroxylation is 1. The number of hydrogen-bond acceptors (Lipinski definition) is 6. The van der Waals surface area contributed by atoms with Gasteiger partial charge in [0, 0.05) is 23.4 Å². The molecule has 0 aliphatic rings. The predicted molar refractivity (Wildman–Crippen MR) is 90.7 cm³/mol. The van der Waals surface area contributed by atoms with E-state index in [-0.39, 0.29) is 24.1 Å². The van der Waals surface area contributed by atoms with Gasteiger partial charge in [-0.1, -0.05) is 23.4 Å². The van der Waals surface area contributed by atoms with E-state index in [0.717, 1.165) is 0 Å². The number of nitrogens with zero attached hydrogens (tertiary/aromatic N) is 5. The highest BCUT2D eigenvalue weighted by Gasteiger charge is 2.17. The van der Waals surface area contributed by atoms with Crippen molar-refractivity contribution in [3.05, 3.63) is 65.8 Å². The zero-order valence-electron chi connectivity index (χ0n) is 13.8. The second-order valence-electron chi connectivity index (χ2n) is 5.74. The molecule has 3 heterocycles. The molecule has 26 heavy (non-hydrogen) atoms. The van der Waals surface area contributed by atoms with E-state index in [4.69, 9.17) is 4.52 Å². The minimum atomic E-state index is -0.319. The number of aromatic nitrogens is 5. The van der Waals surface area contributed by atoms with E-state index in [9.17, 15) is 9.50 Å². The lowest BCUT2D eigenvalue weighted by molar-refractivity contribution is 0.421. The molecule has 0 saturated heterocycles. The number of halogens is 1. The second kappa shape index (κ2) is 6.40. The number of rotatable bonds is 4. The molecule has 8 heteroatoms. The molecule has 4 rings (SSSR count). The standard InChI is InChI=1S/C18H14FN5O2/c1-11-8-17(25)21-18(20-11)15-9-16(14-6-7-26-23-14)24(22-15)10-12-4-2-3-5-13(12)19/h2-9H,10H2,1H3,(H,20,21,25). The monoisotopic (exact) mass is 351 g/mol. The van der Waals surface area contributed by atoms with Crippen LogP contribution in [0.4, 0.5) is 4.39 Å². The lowest BCUT2D eigenvalue weighted by Gasteiger charge is -2.06. The summed E-state index contributed by atoms with van der Waals surface area (Å²) in [4.78, 5) is 8.32. The van der Waals surface area contributed by atoms with Crippen LogP contribution in [0.25, 0.3) is 22.9 Å². The molecular formula is C18H14FN5O2. The van der Waals surface area contributed by atoms with Crippen molar-refractivity contribution in [1.29, 1.82) is 0 Å². The Morgan fingerprint density at radius 2 is 1.96 bits per heavy atom. The molecule has 0 fully saturated rings. The normalized spacial score (nSPS) is 11.0. The number of benzene rings is 1. The summed E-state index contributed by atoms with van der Waals surface area (Å²) in [5, 5.41) is 18.1. The predicted octanol–water partition coefficient (Wildman–Crippen LogP) is 3.20. The van der Waals surface area contributed by atoms with Crippen molar-refractivity contribution < 1.29 is 14.0 Å². The lowest BCUT2D eigenvalue weighted by Crippen LogP contribution is -2.06. The summed E-state index contributed by atoms with van der Waals surface area (Å²) in [6, 6.07) is 11.4. The van der Waals surface area contributed by atoms with Crippen molar-refractivity contribution >= 4 is 0 Å². The first-order chi connectivity index (χ1) is 12.6. The van der Waals surface area contributed by atoms with Crippen LogP contribution in [0.15, 0.2) is 53.3 Å². The third-order valence-electron chi connectivity index (χ3n) is 3.83. The van der Waals surface area contributed by atoms with Gasteiger partial charge in [-0.05, 0) is 19.1 Å². The zero-order valence-corrected chi connectivity index (χ0v) is 13.8. The highest BCUT2D eigenvalue weighted by molar-refractivity contribution is 5.62. The fraction of sp³-hybridized carbons (Fsp3) is 0.111. The molecule has 0 atom stereocenters. The van der Waals surface area contributed by atoms with Gasteiger partial charge in [0.25, 0.3) is 0 Å². The average molecular weight is 351 g/mol. The fourth-order valence-electron chi connectivity index (χ4n) is 2.65. The fourth-order valence-corrected chi connectivity index (χ4v) is 2.65. The first kappa shape index (κ1) is 15.9. The van der Waals surface area contributed by atoms with Gasteiger partial charge in [0.05, 0.1) is 12.2 Å². The van der Waals surface area contributed by atoms with Crippen molar-refractivity contribution in [2.75, 3.05) is 0 Å². The van der Waals surface area contributed by atoms with Crippen LogP contribution in [0, 0.1) is 12.7 Å². The van der Waals surface area contributed by atoms with E-state index < -0.39 is 0 Å². The summed E-state index contributed by atoms with van der Waals surface area (Å²) >= 11 is 0. The highest BCUT2D eigenvalue weighted by atomic mass is 19.1. The van der Waals surface area contributed by atoms with Crippen molar-refractivity contribution in [3.63, 3.8) is 0 Å². The van der Waals surface area contributed by atoms with Crippen LogP contribution < -0.4 is 0 Å². The van der Waals surface area contributed by atoms with Gasteiger partial charge in [0.2, 0.25) is 5.88 Å². The van der Waals surface area contributed by atoms with Gasteiger partial charge in [-0.25, -0.2) is 9.37 Å². The minimum absolute atomic E-state index is 0.140. The van der Waals surface area contributed by atoms with Gasteiger partial charge in [-0.15, -0.1) is 0 Å². The maximum absolute atomic E-state index is 14.1. The highest BCUT2D eigenvalue weighted by Crippen LogP contribution is 2.25. The summed E-state index contributed by atoms with van der Waals surface area (Å²) < 4.78 is 20.6. The molecule has 0 unspecified atom stereocenters. The Bertz CT molecular complexity index is 1040. The summed E-state index contributed by atoms with van der Waals surface area (Å²) in [5.74, 6) is -0.182. The SMILES string of the molecule is Cc1cc(O)nc(-c2cc(-c3ccon3)n(Cc3ccccc3F)n2)n1. The van der Waals surface area contributed by atoms with Crippen LogP contribution in [-0.2, 0) is 6.54 Å². The van der Waals surface area contributed by atoms with Crippen LogP contribution >= 0.6 is 0 Å². The smallest absolute Gasteiger partial charge is 0.214 e. The summed E-state index contributed by atoms with van der Waals surface area (Å²) in [7, 11) is 0. The molecule has 130 valence electrons. The third kappa shape index (κ3) is 3.04. The van der Waals surface area contributed by atoms with Crippen LogP contribution in [0.5, 0.6) is 5.88 Å².